The molecule has 3 N–H and O–H groups in total. The summed E-state index contributed by atoms with van der Waals surface area (Å²) in [4.78, 5) is 11.4. The maximum Gasteiger partial charge on any atom is 0.224 e. The summed E-state index contributed by atoms with van der Waals surface area (Å²) in [6, 6.07) is 11.2. The Bertz CT molecular complexity index is 668. The lowest BCUT2D eigenvalue weighted by atomic mass is 10.0. The van der Waals surface area contributed by atoms with E-state index in [-0.39, 0.29) is 5.91 Å². The van der Waals surface area contributed by atoms with Gasteiger partial charge in [0.1, 0.15) is 5.75 Å². The number of carbonyl (C=O) groups excluding carboxylic acids is 1. The number of amides is 1. The van der Waals surface area contributed by atoms with Crippen LogP contribution in [0.5, 0.6) is 11.5 Å². The highest BCUT2D eigenvalue weighted by molar-refractivity contribution is 9.10. The van der Waals surface area contributed by atoms with Crippen molar-refractivity contribution >= 4 is 33.2 Å². The van der Waals surface area contributed by atoms with Crippen LogP contribution in [-0.2, 0) is 11.2 Å². The summed E-state index contributed by atoms with van der Waals surface area (Å²) in [5.41, 5.74) is 8.32. The molecule has 2 aromatic rings. The Morgan fingerprint density at radius 2 is 1.90 bits per heavy atom. The molecule has 0 fully saturated rings. The Balaban J connectivity index is 1.90. The monoisotopic (exact) mass is 332 g/mol. The van der Waals surface area contributed by atoms with Crippen LogP contribution in [0.3, 0.4) is 0 Å². The van der Waals surface area contributed by atoms with Crippen LogP contribution in [0.15, 0.2) is 40.9 Å². The summed E-state index contributed by atoms with van der Waals surface area (Å²) in [7, 11) is 0. The third-order valence-corrected chi connectivity index (χ3v) is 3.70. The molecule has 0 unspecified atom stereocenters. The van der Waals surface area contributed by atoms with Gasteiger partial charge < -0.3 is 15.8 Å². The lowest BCUT2D eigenvalue weighted by Crippen LogP contribution is -2.19. The standard InChI is InChI=1S/C15H13BrN2O2/c16-10-2-4-11(5-3-10)20-14-7-9-1-6-15(19)18-13(9)8-12(14)17/h2-5,7-8H,1,6,17H2,(H,18,19). The molecule has 1 amide bonds. The number of hydrogen-bond acceptors (Lipinski definition) is 3. The van der Waals surface area contributed by atoms with Gasteiger partial charge in [-0.05, 0) is 48.4 Å². The Morgan fingerprint density at radius 3 is 2.65 bits per heavy atom. The molecule has 1 heterocycles. The molecule has 0 aromatic heterocycles. The molecule has 0 saturated carbocycles. The summed E-state index contributed by atoms with van der Waals surface area (Å²) < 4.78 is 6.79. The fourth-order valence-corrected chi connectivity index (χ4v) is 2.41. The van der Waals surface area contributed by atoms with Crippen LogP contribution < -0.4 is 15.8 Å². The number of aryl methyl sites for hydroxylation is 1. The van der Waals surface area contributed by atoms with Gasteiger partial charge in [-0.3, -0.25) is 4.79 Å². The average Bonchev–Trinajstić information content (AvgIpc) is 2.42. The smallest absolute Gasteiger partial charge is 0.224 e. The highest BCUT2D eigenvalue weighted by atomic mass is 79.9. The van der Waals surface area contributed by atoms with Crippen molar-refractivity contribution in [2.45, 2.75) is 12.8 Å². The normalized spacial score (nSPS) is 13.6. The maximum absolute atomic E-state index is 11.4. The van der Waals surface area contributed by atoms with Gasteiger partial charge in [0, 0.05) is 16.6 Å². The zero-order valence-electron chi connectivity index (χ0n) is 10.7. The van der Waals surface area contributed by atoms with Crippen molar-refractivity contribution in [2.24, 2.45) is 0 Å². The van der Waals surface area contributed by atoms with Crippen molar-refractivity contribution in [3.8, 4) is 11.5 Å². The third kappa shape index (κ3) is 2.63. The first-order valence-corrected chi connectivity index (χ1v) is 7.07. The van der Waals surface area contributed by atoms with E-state index in [1.807, 2.05) is 30.3 Å². The summed E-state index contributed by atoms with van der Waals surface area (Å²) in [5, 5.41) is 2.82. The Morgan fingerprint density at radius 1 is 1.15 bits per heavy atom. The van der Waals surface area contributed by atoms with E-state index in [2.05, 4.69) is 21.2 Å². The highest BCUT2D eigenvalue weighted by Gasteiger charge is 2.17. The number of benzene rings is 2. The first-order chi connectivity index (χ1) is 9.61. The number of rotatable bonds is 2. The molecule has 20 heavy (non-hydrogen) atoms. The molecule has 4 nitrogen and oxygen atoms in total. The lowest BCUT2D eigenvalue weighted by Gasteiger charge is -2.19. The SMILES string of the molecule is Nc1cc2c(cc1Oc1ccc(Br)cc1)CCC(=O)N2. The summed E-state index contributed by atoms with van der Waals surface area (Å²) >= 11 is 3.38. The van der Waals surface area contributed by atoms with Crippen molar-refractivity contribution in [1.29, 1.82) is 0 Å². The first-order valence-electron chi connectivity index (χ1n) is 6.27. The Kier molecular flexibility index (Phi) is 3.36. The molecule has 0 spiro atoms. The highest BCUT2D eigenvalue weighted by Crippen LogP contribution is 2.35. The molecule has 2 aromatic carbocycles. The number of nitrogen functional groups attached to an aromatic ring is 1. The molecule has 0 saturated heterocycles. The predicted molar refractivity (Wildman–Crippen MR) is 82.0 cm³/mol. The van der Waals surface area contributed by atoms with E-state index >= 15 is 0 Å². The number of ether oxygens (including phenoxy) is 1. The summed E-state index contributed by atoms with van der Waals surface area (Å²) in [6.45, 7) is 0. The minimum atomic E-state index is 0.0264. The Hall–Kier alpha value is -2.01. The lowest BCUT2D eigenvalue weighted by molar-refractivity contribution is -0.116. The van der Waals surface area contributed by atoms with E-state index in [9.17, 15) is 4.79 Å². The van der Waals surface area contributed by atoms with Crippen molar-refractivity contribution in [2.75, 3.05) is 11.1 Å². The molecule has 0 atom stereocenters. The summed E-state index contributed by atoms with van der Waals surface area (Å²) in [5.74, 6) is 1.36. The summed E-state index contributed by atoms with van der Waals surface area (Å²) in [6.07, 6.45) is 1.20. The van der Waals surface area contributed by atoms with Gasteiger partial charge >= 0.3 is 0 Å². The van der Waals surface area contributed by atoms with Crippen molar-refractivity contribution < 1.29 is 9.53 Å². The van der Waals surface area contributed by atoms with Crippen LogP contribution in [0.2, 0.25) is 0 Å². The van der Waals surface area contributed by atoms with Gasteiger partial charge in [0.15, 0.2) is 5.75 Å². The minimum Gasteiger partial charge on any atom is -0.455 e. The quantitative estimate of drug-likeness (QED) is 0.824. The van der Waals surface area contributed by atoms with Crippen molar-refractivity contribution in [3.05, 3.63) is 46.4 Å². The Labute approximate surface area is 125 Å². The van der Waals surface area contributed by atoms with Gasteiger partial charge in [0.05, 0.1) is 5.69 Å². The topological polar surface area (TPSA) is 64.3 Å². The van der Waals surface area contributed by atoms with Gasteiger partial charge in [-0.1, -0.05) is 15.9 Å². The number of anilines is 2. The zero-order chi connectivity index (χ0) is 14.1. The second-order valence-corrected chi connectivity index (χ2v) is 5.57. The number of carbonyl (C=O) groups is 1. The van der Waals surface area contributed by atoms with E-state index in [0.29, 0.717) is 24.3 Å². The van der Waals surface area contributed by atoms with Crippen molar-refractivity contribution in [1.82, 2.24) is 0 Å². The molecule has 5 heteroatoms. The van der Waals surface area contributed by atoms with Gasteiger partial charge in [-0.2, -0.15) is 0 Å². The molecule has 0 bridgehead atoms. The fraction of sp³-hybridized carbons (Fsp3) is 0.133. The zero-order valence-corrected chi connectivity index (χ0v) is 12.2. The van der Waals surface area contributed by atoms with Gasteiger partial charge in [-0.25, -0.2) is 0 Å². The molecular weight excluding hydrogens is 320 g/mol. The number of hydrogen-bond donors (Lipinski definition) is 2. The third-order valence-electron chi connectivity index (χ3n) is 3.17. The molecule has 102 valence electrons. The van der Waals surface area contributed by atoms with E-state index in [4.69, 9.17) is 10.5 Å². The van der Waals surface area contributed by atoms with Crippen molar-refractivity contribution in [3.63, 3.8) is 0 Å². The van der Waals surface area contributed by atoms with E-state index < -0.39 is 0 Å². The van der Waals surface area contributed by atoms with Crippen LogP contribution in [0, 0.1) is 0 Å². The number of nitrogens with two attached hydrogens (primary N) is 1. The van der Waals surface area contributed by atoms with Crippen LogP contribution in [0.25, 0.3) is 0 Å². The maximum atomic E-state index is 11.4. The molecule has 0 radical (unpaired) electrons. The van der Waals surface area contributed by atoms with Crippen LogP contribution >= 0.6 is 15.9 Å². The molecular formula is C15H13BrN2O2. The van der Waals surface area contributed by atoms with E-state index in [0.717, 1.165) is 21.5 Å². The van der Waals surface area contributed by atoms with Gasteiger partial charge in [0.2, 0.25) is 5.91 Å². The number of fused-ring (bicyclic) bond motifs is 1. The first kappa shape index (κ1) is 13.0. The predicted octanol–water partition coefficient (Wildman–Crippen LogP) is 3.71. The van der Waals surface area contributed by atoms with Gasteiger partial charge in [0.25, 0.3) is 0 Å². The average molecular weight is 333 g/mol. The second-order valence-electron chi connectivity index (χ2n) is 4.65. The molecule has 1 aliphatic rings. The largest absolute Gasteiger partial charge is 0.455 e. The van der Waals surface area contributed by atoms with Crippen LogP contribution in [0.1, 0.15) is 12.0 Å². The molecule has 1 aliphatic heterocycles. The van der Waals surface area contributed by atoms with E-state index in [1.54, 1.807) is 6.07 Å². The molecule has 0 aliphatic carbocycles. The van der Waals surface area contributed by atoms with E-state index in [1.165, 1.54) is 0 Å². The van der Waals surface area contributed by atoms with Gasteiger partial charge in [-0.15, -0.1) is 0 Å². The van der Waals surface area contributed by atoms with Crippen LogP contribution in [0.4, 0.5) is 11.4 Å². The number of halogens is 1. The molecule has 3 rings (SSSR count). The number of nitrogens with one attached hydrogen (secondary N) is 1. The minimum absolute atomic E-state index is 0.0264. The van der Waals surface area contributed by atoms with Crippen LogP contribution in [-0.4, -0.2) is 5.91 Å². The fourth-order valence-electron chi connectivity index (χ4n) is 2.14. The second kappa shape index (κ2) is 5.17.